The van der Waals surface area contributed by atoms with Crippen molar-refractivity contribution in [1.29, 1.82) is 0 Å². The second kappa shape index (κ2) is 5.83. The van der Waals surface area contributed by atoms with Gasteiger partial charge in [0.15, 0.2) is 0 Å². The second-order valence-electron chi connectivity index (χ2n) is 4.41. The molecule has 0 spiro atoms. The Kier molecular flexibility index (Phi) is 4.13. The zero-order valence-corrected chi connectivity index (χ0v) is 10.8. The molecule has 0 bridgehead atoms. The van der Waals surface area contributed by atoms with Gasteiger partial charge >= 0.3 is 0 Å². The Balaban J connectivity index is 2.40. The third-order valence-corrected chi connectivity index (χ3v) is 3.10. The van der Waals surface area contributed by atoms with E-state index in [4.69, 9.17) is 10.5 Å². The smallest absolute Gasteiger partial charge is 0.282 e. The SMILES string of the molecule is NC(=O)C1COCCN1C(=O)c1cc(F)ccc1[N+](=O)[O-]. The van der Waals surface area contributed by atoms with E-state index in [-0.39, 0.29) is 19.8 Å². The first-order valence-electron chi connectivity index (χ1n) is 6.04. The Labute approximate surface area is 118 Å². The van der Waals surface area contributed by atoms with Gasteiger partial charge in [-0.2, -0.15) is 0 Å². The highest BCUT2D eigenvalue weighted by Gasteiger charge is 2.34. The summed E-state index contributed by atoms with van der Waals surface area (Å²) in [5, 5.41) is 10.9. The molecule has 1 aromatic carbocycles. The minimum Gasteiger partial charge on any atom is -0.377 e. The fourth-order valence-corrected chi connectivity index (χ4v) is 2.08. The summed E-state index contributed by atoms with van der Waals surface area (Å²) in [6.07, 6.45) is 0. The number of hydrogen-bond donors (Lipinski definition) is 1. The van der Waals surface area contributed by atoms with Crippen molar-refractivity contribution in [3.63, 3.8) is 0 Å². The first-order chi connectivity index (χ1) is 9.91. The van der Waals surface area contributed by atoms with Crippen molar-refractivity contribution in [2.45, 2.75) is 6.04 Å². The number of rotatable bonds is 3. The molecule has 21 heavy (non-hydrogen) atoms. The molecule has 112 valence electrons. The molecule has 1 fully saturated rings. The van der Waals surface area contributed by atoms with Gasteiger partial charge in [0.05, 0.1) is 18.1 Å². The summed E-state index contributed by atoms with van der Waals surface area (Å²) < 4.78 is 18.3. The number of primary amides is 1. The third-order valence-electron chi connectivity index (χ3n) is 3.10. The highest BCUT2D eigenvalue weighted by Crippen LogP contribution is 2.23. The quantitative estimate of drug-likeness (QED) is 0.625. The average molecular weight is 297 g/mol. The number of amides is 2. The van der Waals surface area contributed by atoms with Gasteiger partial charge < -0.3 is 15.4 Å². The van der Waals surface area contributed by atoms with Crippen molar-refractivity contribution in [3.05, 3.63) is 39.7 Å². The van der Waals surface area contributed by atoms with Crippen LogP contribution in [0.15, 0.2) is 18.2 Å². The van der Waals surface area contributed by atoms with Crippen LogP contribution in [-0.2, 0) is 9.53 Å². The number of nitro groups is 1. The van der Waals surface area contributed by atoms with E-state index in [1.54, 1.807) is 0 Å². The van der Waals surface area contributed by atoms with E-state index in [9.17, 15) is 24.1 Å². The van der Waals surface area contributed by atoms with Crippen LogP contribution in [0, 0.1) is 15.9 Å². The summed E-state index contributed by atoms with van der Waals surface area (Å²) in [5.41, 5.74) is 4.23. The molecule has 0 aromatic heterocycles. The van der Waals surface area contributed by atoms with Gasteiger partial charge in [-0.1, -0.05) is 0 Å². The normalized spacial score (nSPS) is 18.3. The Hall–Kier alpha value is -2.55. The number of carbonyl (C=O) groups is 2. The highest BCUT2D eigenvalue weighted by molar-refractivity contribution is 6.00. The molecule has 0 saturated carbocycles. The molecule has 0 radical (unpaired) electrons. The lowest BCUT2D eigenvalue weighted by atomic mass is 10.1. The molecule has 1 heterocycles. The van der Waals surface area contributed by atoms with Crippen molar-refractivity contribution in [2.75, 3.05) is 19.8 Å². The fraction of sp³-hybridized carbons (Fsp3) is 0.333. The number of benzene rings is 1. The molecule has 1 aliphatic heterocycles. The number of ether oxygens (including phenoxy) is 1. The maximum Gasteiger partial charge on any atom is 0.282 e. The van der Waals surface area contributed by atoms with E-state index in [0.29, 0.717) is 0 Å². The molecule has 8 nitrogen and oxygen atoms in total. The van der Waals surface area contributed by atoms with E-state index >= 15 is 0 Å². The van der Waals surface area contributed by atoms with Crippen LogP contribution < -0.4 is 5.73 Å². The van der Waals surface area contributed by atoms with Crippen LogP contribution in [-0.4, -0.2) is 47.4 Å². The van der Waals surface area contributed by atoms with E-state index < -0.39 is 39.8 Å². The number of nitrogens with two attached hydrogens (primary N) is 1. The minimum atomic E-state index is -1.03. The Morgan fingerprint density at radius 1 is 1.48 bits per heavy atom. The van der Waals surface area contributed by atoms with E-state index in [1.807, 2.05) is 0 Å². The van der Waals surface area contributed by atoms with Crippen LogP contribution in [0.3, 0.4) is 0 Å². The first-order valence-corrected chi connectivity index (χ1v) is 6.04. The van der Waals surface area contributed by atoms with Gasteiger partial charge in [-0.3, -0.25) is 19.7 Å². The lowest BCUT2D eigenvalue weighted by Crippen LogP contribution is -2.54. The van der Waals surface area contributed by atoms with Crippen molar-refractivity contribution < 1.29 is 23.6 Å². The van der Waals surface area contributed by atoms with Crippen molar-refractivity contribution >= 4 is 17.5 Å². The van der Waals surface area contributed by atoms with Crippen LogP contribution in [0.4, 0.5) is 10.1 Å². The molecule has 2 amide bonds. The molecular weight excluding hydrogens is 285 g/mol. The number of nitrogens with zero attached hydrogens (tertiary/aromatic N) is 2. The lowest BCUT2D eigenvalue weighted by molar-refractivity contribution is -0.385. The Bertz CT molecular complexity index is 607. The summed E-state index contributed by atoms with van der Waals surface area (Å²) in [4.78, 5) is 34.9. The molecule has 0 aliphatic carbocycles. The maximum atomic E-state index is 13.3. The standard InChI is InChI=1S/C12H12FN3O5/c13-7-1-2-9(16(19)20)8(5-7)12(18)15-3-4-21-6-10(15)11(14)17/h1-2,5,10H,3-4,6H2,(H2,14,17). The molecule has 2 rings (SSSR count). The molecule has 1 aliphatic rings. The van der Waals surface area contributed by atoms with Gasteiger partial charge in [0, 0.05) is 12.6 Å². The summed E-state index contributed by atoms with van der Waals surface area (Å²) in [5.74, 6) is -2.40. The summed E-state index contributed by atoms with van der Waals surface area (Å²) >= 11 is 0. The highest BCUT2D eigenvalue weighted by atomic mass is 19.1. The number of hydrogen-bond acceptors (Lipinski definition) is 5. The summed E-state index contributed by atoms with van der Waals surface area (Å²) in [7, 11) is 0. The molecule has 1 saturated heterocycles. The first kappa shape index (κ1) is 14.9. The zero-order valence-electron chi connectivity index (χ0n) is 10.8. The fourth-order valence-electron chi connectivity index (χ4n) is 2.08. The molecule has 2 N–H and O–H groups in total. The van der Waals surface area contributed by atoms with Gasteiger partial charge in [0.25, 0.3) is 11.6 Å². The lowest BCUT2D eigenvalue weighted by Gasteiger charge is -2.33. The van der Waals surface area contributed by atoms with Gasteiger partial charge in [-0.15, -0.1) is 0 Å². The predicted molar refractivity (Wildman–Crippen MR) is 67.9 cm³/mol. The maximum absolute atomic E-state index is 13.3. The van der Waals surface area contributed by atoms with Gasteiger partial charge in [-0.05, 0) is 12.1 Å². The number of carbonyl (C=O) groups excluding carboxylic acids is 2. The van der Waals surface area contributed by atoms with E-state index in [2.05, 4.69) is 0 Å². The van der Waals surface area contributed by atoms with E-state index in [1.165, 1.54) is 0 Å². The van der Waals surface area contributed by atoms with Crippen LogP contribution >= 0.6 is 0 Å². The predicted octanol–water partition coefficient (Wildman–Crippen LogP) is 0.0602. The summed E-state index contributed by atoms with van der Waals surface area (Å²) in [6, 6.07) is 1.53. The average Bonchev–Trinajstić information content (AvgIpc) is 2.46. The van der Waals surface area contributed by atoms with Gasteiger partial charge in [0.1, 0.15) is 17.4 Å². The van der Waals surface area contributed by atoms with E-state index in [0.717, 1.165) is 23.1 Å². The van der Waals surface area contributed by atoms with Crippen LogP contribution in [0.1, 0.15) is 10.4 Å². The van der Waals surface area contributed by atoms with Crippen molar-refractivity contribution in [2.24, 2.45) is 5.73 Å². The zero-order chi connectivity index (χ0) is 15.6. The molecule has 1 atom stereocenters. The number of halogens is 1. The Morgan fingerprint density at radius 2 is 2.19 bits per heavy atom. The van der Waals surface area contributed by atoms with Crippen LogP contribution in [0.2, 0.25) is 0 Å². The van der Waals surface area contributed by atoms with Crippen molar-refractivity contribution in [1.82, 2.24) is 4.90 Å². The third kappa shape index (κ3) is 2.97. The Morgan fingerprint density at radius 3 is 2.81 bits per heavy atom. The number of nitro benzene ring substituents is 1. The molecule has 1 aromatic rings. The number of morpholine rings is 1. The largest absolute Gasteiger partial charge is 0.377 e. The van der Waals surface area contributed by atoms with Gasteiger partial charge in [0.2, 0.25) is 5.91 Å². The van der Waals surface area contributed by atoms with Crippen LogP contribution in [0.25, 0.3) is 0 Å². The summed E-state index contributed by atoms with van der Waals surface area (Å²) in [6.45, 7) is 0.114. The topological polar surface area (TPSA) is 116 Å². The van der Waals surface area contributed by atoms with Crippen LogP contribution in [0.5, 0.6) is 0 Å². The minimum absolute atomic E-state index is 0.0418. The van der Waals surface area contributed by atoms with Gasteiger partial charge in [-0.25, -0.2) is 4.39 Å². The molecular formula is C12H12FN3O5. The molecule has 9 heteroatoms. The second-order valence-corrected chi connectivity index (χ2v) is 4.41. The molecule has 1 unspecified atom stereocenters. The van der Waals surface area contributed by atoms with Crippen molar-refractivity contribution in [3.8, 4) is 0 Å². The monoisotopic (exact) mass is 297 g/mol.